The Bertz CT molecular complexity index is 799. The van der Waals surface area contributed by atoms with E-state index in [1.165, 1.54) is 0 Å². The Hall–Kier alpha value is -2.46. The third kappa shape index (κ3) is 4.09. The van der Waals surface area contributed by atoms with Gasteiger partial charge in [-0.1, -0.05) is 73.4 Å². The van der Waals surface area contributed by atoms with Gasteiger partial charge in [0.1, 0.15) is 0 Å². The summed E-state index contributed by atoms with van der Waals surface area (Å²) in [6.07, 6.45) is 2.11. The van der Waals surface area contributed by atoms with E-state index in [-0.39, 0.29) is 5.78 Å². The molecule has 0 saturated carbocycles. The maximum absolute atomic E-state index is 11.8. The lowest BCUT2D eigenvalue weighted by molar-refractivity contribution is 0.0996. The molecule has 2 aromatic carbocycles. The van der Waals surface area contributed by atoms with Crippen molar-refractivity contribution in [2.45, 2.75) is 26.6 Å². The van der Waals surface area contributed by atoms with Gasteiger partial charge in [0.25, 0.3) is 0 Å². The number of primary amides is 1. The Kier molecular flexibility index (Phi) is 5.19. The monoisotopic (exact) mass is 337 g/mol. The molecule has 2 aromatic rings. The SMILES string of the molecule is CC(=O)c1ccc(/C=C(/c2ccccc2C(N)=O)[Si](C)(C)C)cc1. The van der Waals surface area contributed by atoms with Crippen LogP contribution in [0.2, 0.25) is 19.6 Å². The average Bonchev–Trinajstić information content (AvgIpc) is 2.52. The standard InChI is InChI=1S/C20H23NO2Si/c1-14(22)16-11-9-15(10-12-16)13-19(24(2,3)4)17-7-5-6-8-18(17)20(21)23/h5-13H,1-4H3,(H2,21,23)/b19-13-. The van der Waals surface area contributed by atoms with E-state index >= 15 is 0 Å². The summed E-state index contributed by atoms with van der Waals surface area (Å²) in [5.41, 5.74) is 8.71. The van der Waals surface area contributed by atoms with E-state index in [1.54, 1.807) is 13.0 Å². The molecule has 124 valence electrons. The van der Waals surface area contributed by atoms with Crippen molar-refractivity contribution >= 4 is 31.0 Å². The van der Waals surface area contributed by atoms with Crippen LogP contribution in [0.3, 0.4) is 0 Å². The Morgan fingerprint density at radius 1 is 0.917 bits per heavy atom. The molecular formula is C20H23NO2Si. The molecule has 0 unspecified atom stereocenters. The van der Waals surface area contributed by atoms with E-state index in [1.807, 2.05) is 42.5 Å². The van der Waals surface area contributed by atoms with Gasteiger partial charge in [0, 0.05) is 11.1 Å². The van der Waals surface area contributed by atoms with Crippen molar-refractivity contribution in [2.24, 2.45) is 5.73 Å². The summed E-state index contributed by atoms with van der Waals surface area (Å²) in [6.45, 7) is 8.27. The van der Waals surface area contributed by atoms with Gasteiger partial charge in [-0.15, -0.1) is 0 Å². The number of Topliss-reactive ketones (excluding diaryl/α,β-unsaturated/α-hetero) is 1. The van der Waals surface area contributed by atoms with Crippen LogP contribution in [-0.2, 0) is 0 Å². The normalized spacial score (nSPS) is 12.1. The number of carbonyl (C=O) groups is 2. The van der Waals surface area contributed by atoms with Gasteiger partial charge in [0.05, 0.1) is 8.07 Å². The summed E-state index contributed by atoms with van der Waals surface area (Å²) in [6, 6.07) is 15.0. The Morgan fingerprint density at radius 2 is 1.46 bits per heavy atom. The van der Waals surface area contributed by atoms with E-state index in [0.717, 1.165) is 16.3 Å². The second-order valence-corrected chi connectivity index (χ2v) is 11.9. The maximum Gasteiger partial charge on any atom is 0.249 e. The number of benzene rings is 2. The molecule has 0 heterocycles. The van der Waals surface area contributed by atoms with Gasteiger partial charge in [0.2, 0.25) is 5.91 Å². The van der Waals surface area contributed by atoms with Crippen LogP contribution in [0.25, 0.3) is 11.3 Å². The van der Waals surface area contributed by atoms with Crippen molar-refractivity contribution in [2.75, 3.05) is 0 Å². The van der Waals surface area contributed by atoms with Crippen LogP contribution in [-0.4, -0.2) is 19.8 Å². The third-order valence-corrected chi connectivity index (χ3v) is 5.95. The lowest BCUT2D eigenvalue weighted by Gasteiger charge is -2.23. The topological polar surface area (TPSA) is 60.2 Å². The molecule has 2 rings (SSSR count). The number of hydrogen-bond donors (Lipinski definition) is 1. The van der Waals surface area contributed by atoms with Crippen LogP contribution in [0.15, 0.2) is 48.5 Å². The van der Waals surface area contributed by atoms with E-state index in [0.29, 0.717) is 11.1 Å². The number of ketones is 1. The van der Waals surface area contributed by atoms with Crippen LogP contribution in [0, 0.1) is 0 Å². The zero-order valence-corrected chi connectivity index (χ0v) is 15.6. The van der Waals surface area contributed by atoms with E-state index in [9.17, 15) is 9.59 Å². The van der Waals surface area contributed by atoms with Crippen molar-refractivity contribution in [1.29, 1.82) is 0 Å². The fraction of sp³-hybridized carbons (Fsp3) is 0.200. The molecule has 0 aliphatic heterocycles. The molecular weight excluding hydrogens is 314 g/mol. The number of rotatable bonds is 5. The van der Waals surface area contributed by atoms with E-state index in [4.69, 9.17) is 5.73 Å². The summed E-state index contributed by atoms with van der Waals surface area (Å²) >= 11 is 0. The summed E-state index contributed by atoms with van der Waals surface area (Å²) < 4.78 is 0. The molecule has 0 aliphatic rings. The van der Waals surface area contributed by atoms with Crippen molar-refractivity contribution in [1.82, 2.24) is 0 Å². The number of nitrogens with two attached hydrogens (primary N) is 1. The number of amides is 1. The Balaban J connectivity index is 2.58. The molecule has 0 saturated heterocycles. The van der Waals surface area contributed by atoms with Crippen molar-refractivity contribution in [3.05, 3.63) is 70.8 Å². The van der Waals surface area contributed by atoms with Crippen LogP contribution >= 0.6 is 0 Å². The second kappa shape index (κ2) is 6.97. The predicted octanol–water partition coefficient (Wildman–Crippen LogP) is 4.41. The lowest BCUT2D eigenvalue weighted by Crippen LogP contribution is -2.25. The molecule has 2 N–H and O–H groups in total. The van der Waals surface area contributed by atoms with Gasteiger partial charge in [-0.05, 0) is 24.1 Å². The highest BCUT2D eigenvalue weighted by molar-refractivity contribution is 6.94. The molecule has 0 bridgehead atoms. The second-order valence-electron chi connectivity index (χ2n) is 6.90. The van der Waals surface area contributed by atoms with Gasteiger partial charge < -0.3 is 5.73 Å². The maximum atomic E-state index is 11.8. The molecule has 0 aliphatic carbocycles. The fourth-order valence-electron chi connectivity index (χ4n) is 2.61. The molecule has 0 fully saturated rings. The molecule has 4 heteroatoms. The zero-order valence-electron chi connectivity index (χ0n) is 14.6. The van der Waals surface area contributed by atoms with Crippen molar-refractivity contribution in [3.8, 4) is 0 Å². The van der Waals surface area contributed by atoms with E-state index in [2.05, 4.69) is 25.7 Å². The minimum atomic E-state index is -1.74. The van der Waals surface area contributed by atoms with Crippen LogP contribution in [0.5, 0.6) is 0 Å². The molecule has 3 nitrogen and oxygen atoms in total. The molecule has 24 heavy (non-hydrogen) atoms. The largest absolute Gasteiger partial charge is 0.366 e. The third-order valence-electron chi connectivity index (χ3n) is 3.92. The minimum Gasteiger partial charge on any atom is -0.366 e. The van der Waals surface area contributed by atoms with E-state index < -0.39 is 14.0 Å². The number of hydrogen-bond acceptors (Lipinski definition) is 2. The van der Waals surface area contributed by atoms with Crippen molar-refractivity contribution < 1.29 is 9.59 Å². The quantitative estimate of drug-likeness (QED) is 0.499. The fourth-order valence-corrected chi connectivity index (χ4v) is 4.24. The zero-order chi connectivity index (χ0) is 17.9. The minimum absolute atomic E-state index is 0.0509. The summed E-state index contributed by atoms with van der Waals surface area (Å²) in [4.78, 5) is 23.2. The van der Waals surface area contributed by atoms with Crippen LogP contribution in [0.1, 0.15) is 38.8 Å². The molecule has 0 aromatic heterocycles. The summed E-state index contributed by atoms with van der Waals surface area (Å²) in [7, 11) is -1.74. The highest BCUT2D eigenvalue weighted by Crippen LogP contribution is 2.30. The highest BCUT2D eigenvalue weighted by atomic mass is 28.3. The highest BCUT2D eigenvalue weighted by Gasteiger charge is 2.24. The first-order valence-electron chi connectivity index (χ1n) is 7.92. The molecule has 0 spiro atoms. The predicted molar refractivity (Wildman–Crippen MR) is 103 cm³/mol. The molecule has 1 amide bonds. The number of carbonyl (C=O) groups excluding carboxylic acids is 2. The van der Waals surface area contributed by atoms with Gasteiger partial charge >= 0.3 is 0 Å². The first-order valence-corrected chi connectivity index (χ1v) is 11.4. The van der Waals surface area contributed by atoms with Gasteiger partial charge in [-0.25, -0.2) is 0 Å². The Morgan fingerprint density at radius 3 is 1.92 bits per heavy atom. The van der Waals surface area contributed by atoms with Crippen LogP contribution < -0.4 is 5.73 Å². The van der Waals surface area contributed by atoms with Crippen LogP contribution in [0.4, 0.5) is 0 Å². The summed E-state index contributed by atoms with van der Waals surface area (Å²) in [5, 5.41) is 1.16. The molecule has 0 atom stereocenters. The summed E-state index contributed by atoms with van der Waals surface area (Å²) in [5.74, 6) is -0.364. The van der Waals surface area contributed by atoms with Gasteiger partial charge in [-0.3, -0.25) is 9.59 Å². The average molecular weight is 337 g/mol. The molecule has 0 radical (unpaired) electrons. The first-order chi connectivity index (χ1) is 11.2. The first kappa shape index (κ1) is 17.9. The Labute approximate surface area is 144 Å². The van der Waals surface area contributed by atoms with Crippen molar-refractivity contribution in [3.63, 3.8) is 0 Å². The smallest absolute Gasteiger partial charge is 0.249 e. The van der Waals surface area contributed by atoms with Gasteiger partial charge in [0.15, 0.2) is 5.78 Å². The van der Waals surface area contributed by atoms with Gasteiger partial charge in [-0.2, -0.15) is 0 Å². The lowest BCUT2D eigenvalue weighted by atomic mass is 10.0.